The number of hydrogen-bond donors (Lipinski definition) is 0. The quantitative estimate of drug-likeness (QED) is 0.321. The van der Waals surface area contributed by atoms with Crippen molar-refractivity contribution in [3.63, 3.8) is 0 Å². The third-order valence-electron chi connectivity index (χ3n) is 4.91. The Labute approximate surface area is 132 Å². The van der Waals surface area contributed by atoms with Gasteiger partial charge in [0.1, 0.15) is 0 Å². The zero-order chi connectivity index (χ0) is 16.1. The van der Waals surface area contributed by atoms with Crippen molar-refractivity contribution in [1.82, 2.24) is 0 Å². The van der Waals surface area contributed by atoms with Gasteiger partial charge in [0.25, 0.3) is 0 Å². The maximum absolute atomic E-state index is 6.26. The van der Waals surface area contributed by atoms with E-state index in [0.717, 1.165) is 6.42 Å². The maximum Gasteiger partial charge on any atom is 0.461 e. The van der Waals surface area contributed by atoms with Crippen LogP contribution < -0.4 is 0 Å². The molecule has 1 fully saturated rings. The lowest BCUT2D eigenvalue weighted by Crippen LogP contribution is -2.41. The Morgan fingerprint density at radius 2 is 1.57 bits per heavy atom. The highest BCUT2D eigenvalue weighted by atomic mass is 16.7. The van der Waals surface area contributed by atoms with E-state index in [2.05, 4.69) is 54.5 Å². The van der Waals surface area contributed by atoms with Gasteiger partial charge in [0.2, 0.25) is 0 Å². The van der Waals surface area contributed by atoms with Crippen molar-refractivity contribution in [2.24, 2.45) is 0 Å². The summed E-state index contributed by atoms with van der Waals surface area (Å²) in [5, 5.41) is 0. The molecule has 1 saturated heterocycles. The zero-order valence-corrected chi connectivity index (χ0v) is 15.3. The molecule has 1 aliphatic rings. The number of allylic oxidation sites excluding steroid dienone is 2. The van der Waals surface area contributed by atoms with Gasteiger partial charge in [0.15, 0.2) is 0 Å². The van der Waals surface area contributed by atoms with Crippen molar-refractivity contribution in [2.45, 2.75) is 104 Å². The van der Waals surface area contributed by atoms with Gasteiger partial charge in [-0.1, -0.05) is 50.7 Å². The van der Waals surface area contributed by atoms with E-state index in [4.69, 9.17) is 9.31 Å². The van der Waals surface area contributed by atoms with Crippen LogP contribution in [0.25, 0.3) is 0 Å². The molecule has 122 valence electrons. The van der Waals surface area contributed by atoms with E-state index in [1.807, 2.05) is 0 Å². The molecule has 0 aliphatic carbocycles. The molecule has 0 saturated carbocycles. The van der Waals surface area contributed by atoms with E-state index in [9.17, 15) is 0 Å². The third kappa shape index (κ3) is 5.45. The number of rotatable bonds is 8. The van der Waals surface area contributed by atoms with Crippen molar-refractivity contribution in [3.05, 3.63) is 11.6 Å². The van der Waals surface area contributed by atoms with Crippen LogP contribution in [-0.2, 0) is 9.31 Å². The van der Waals surface area contributed by atoms with Gasteiger partial charge in [0, 0.05) is 0 Å². The Morgan fingerprint density at radius 1 is 1.00 bits per heavy atom. The summed E-state index contributed by atoms with van der Waals surface area (Å²) in [7, 11) is -0.0628. The normalized spacial score (nSPS) is 21.4. The second-order valence-electron chi connectivity index (χ2n) is 7.75. The highest BCUT2D eigenvalue weighted by molar-refractivity contribution is 6.47. The molecule has 0 amide bonds. The van der Waals surface area contributed by atoms with Crippen LogP contribution in [0.1, 0.15) is 87.0 Å². The largest absolute Gasteiger partial charge is 0.461 e. The predicted molar refractivity (Wildman–Crippen MR) is 92.6 cm³/mol. The van der Waals surface area contributed by atoms with Gasteiger partial charge in [-0.05, 0) is 53.8 Å². The molecule has 0 bridgehead atoms. The van der Waals surface area contributed by atoms with E-state index in [0.29, 0.717) is 5.82 Å². The van der Waals surface area contributed by atoms with E-state index < -0.39 is 0 Å². The SMILES string of the molecule is CCCCCCC(CC=C(C)C)B1OC(C)(C)C(C)(C)O1. The Bertz CT molecular complexity index is 327. The van der Waals surface area contributed by atoms with Crippen LogP contribution in [-0.4, -0.2) is 18.3 Å². The summed E-state index contributed by atoms with van der Waals surface area (Å²) in [6.07, 6.45) is 9.80. The Balaban J connectivity index is 2.66. The average Bonchev–Trinajstić information content (AvgIpc) is 2.57. The first-order valence-corrected chi connectivity index (χ1v) is 8.68. The standard InChI is InChI=1S/C18H35BO2/c1-8-9-10-11-12-16(14-13-15(2)3)19-20-17(4,5)18(6,7)21-19/h13,16H,8-12,14H2,1-7H3. The fraction of sp³-hybridized carbons (Fsp3) is 0.889. The second kappa shape index (κ2) is 7.83. The van der Waals surface area contributed by atoms with Crippen LogP contribution >= 0.6 is 0 Å². The molecule has 1 atom stereocenters. The molecule has 0 aromatic rings. The van der Waals surface area contributed by atoms with Crippen LogP contribution in [0.2, 0.25) is 5.82 Å². The minimum Gasteiger partial charge on any atom is -0.403 e. The summed E-state index contributed by atoms with van der Waals surface area (Å²) < 4.78 is 12.5. The summed E-state index contributed by atoms with van der Waals surface area (Å²) in [6.45, 7) is 15.2. The Hall–Kier alpha value is -0.275. The summed E-state index contributed by atoms with van der Waals surface area (Å²) in [4.78, 5) is 0. The molecule has 1 rings (SSSR count). The van der Waals surface area contributed by atoms with E-state index >= 15 is 0 Å². The lowest BCUT2D eigenvalue weighted by molar-refractivity contribution is 0.00578. The number of unbranched alkanes of at least 4 members (excludes halogenated alkanes) is 3. The smallest absolute Gasteiger partial charge is 0.403 e. The molecule has 21 heavy (non-hydrogen) atoms. The molecule has 0 N–H and O–H groups in total. The molecule has 1 aliphatic heterocycles. The lowest BCUT2D eigenvalue weighted by Gasteiger charge is -2.32. The average molecular weight is 294 g/mol. The van der Waals surface area contributed by atoms with Gasteiger partial charge in [-0.3, -0.25) is 0 Å². The van der Waals surface area contributed by atoms with E-state index in [1.54, 1.807) is 0 Å². The van der Waals surface area contributed by atoms with Gasteiger partial charge < -0.3 is 9.31 Å². The molecule has 1 heterocycles. The first kappa shape index (κ1) is 18.8. The highest BCUT2D eigenvalue weighted by Gasteiger charge is 2.53. The predicted octanol–water partition coefficient (Wildman–Crippen LogP) is 5.78. The first-order valence-electron chi connectivity index (χ1n) is 8.68. The molecule has 0 radical (unpaired) electrons. The van der Waals surface area contributed by atoms with Crippen molar-refractivity contribution in [3.8, 4) is 0 Å². The van der Waals surface area contributed by atoms with Crippen molar-refractivity contribution in [1.29, 1.82) is 0 Å². The monoisotopic (exact) mass is 294 g/mol. The van der Waals surface area contributed by atoms with Gasteiger partial charge >= 0.3 is 7.12 Å². The molecular weight excluding hydrogens is 259 g/mol. The molecule has 0 aromatic carbocycles. The summed E-state index contributed by atoms with van der Waals surface area (Å²) in [5.74, 6) is 0.470. The van der Waals surface area contributed by atoms with E-state index in [1.165, 1.54) is 37.7 Å². The Kier molecular flexibility index (Phi) is 7.00. The third-order valence-corrected chi connectivity index (χ3v) is 4.91. The van der Waals surface area contributed by atoms with Gasteiger partial charge in [-0.15, -0.1) is 0 Å². The summed E-state index contributed by atoms with van der Waals surface area (Å²) in [6, 6.07) is 0. The molecular formula is C18H35BO2. The fourth-order valence-corrected chi connectivity index (χ4v) is 2.67. The number of hydrogen-bond acceptors (Lipinski definition) is 2. The zero-order valence-electron chi connectivity index (χ0n) is 15.3. The van der Waals surface area contributed by atoms with Crippen LogP contribution in [0.5, 0.6) is 0 Å². The lowest BCUT2D eigenvalue weighted by atomic mass is 9.67. The van der Waals surface area contributed by atoms with Crippen LogP contribution in [0, 0.1) is 0 Å². The molecule has 0 spiro atoms. The maximum atomic E-state index is 6.26. The first-order chi connectivity index (χ1) is 9.69. The summed E-state index contributed by atoms with van der Waals surface area (Å²) >= 11 is 0. The van der Waals surface area contributed by atoms with Crippen molar-refractivity contribution in [2.75, 3.05) is 0 Å². The van der Waals surface area contributed by atoms with Crippen LogP contribution in [0.4, 0.5) is 0 Å². The van der Waals surface area contributed by atoms with E-state index in [-0.39, 0.29) is 18.3 Å². The minimum atomic E-state index is -0.218. The van der Waals surface area contributed by atoms with Crippen LogP contribution in [0.15, 0.2) is 11.6 Å². The minimum absolute atomic E-state index is 0.0628. The molecule has 2 nitrogen and oxygen atoms in total. The Morgan fingerprint density at radius 3 is 2.05 bits per heavy atom. The molecule has 3 heteroatoms. The van der Waals surface area contributed by atoms with Crippen molar-refractivity contribution >= 4 is 7.12 Å². The van der Waals surface area contributed by atoms with Crippen molar-refractivity contribution < 1.29 is 9.31 Å². The topological polar surface area (TPSA) is 18.5 Å². The fourth-order valence-electron chi connectivity index (χ4n) is 2.67. The highest BCUT2D eigenvalue weighted by Crippen LogP contribution is 2.42. The van der Waals surface area contributed by atoms with Crippen LogP contribution in [0.3, 0.4) is 0 Å². The second-order valence-corrected chi connectivity index (χ2v) is 7.75. The molecule has 1 unspecified atom stereocenters. The van der Waals surface area contributed by atoms with Gasteiger partial charge in [-0.25, -0.2) is 0 Å². The van der Waals surface area contributed by atoms with Gasteiger partial charge in [0.05, 0.1) is 11.2 Å². The van der Waals surface area contributed by atoms with Gasteiger partial charge in [-0.2, -0.15) is 0 Å². The summed E-state index contributed by atoms with van der Waals surface area (Å²) in [5.41, 5.74) is 0.944. The molecule has 0 aromatic heterocycles.